The smallest absolute Gasteiger partial charge is 0.189 e. The Kier molecular flexibility index (Phi) is 3.61. The molecule has 100 valence electrons. The molecule has 1 heterocycles. The lowest BCUT2D eigenvalue weighted by Gasteiger charge is -2.04. The van der Waals surface area contributed by atoms with E-state index in [9.17, 15) is 4.79 Å². The fraction of sp³-hybridized carbons (Fsp3) is 0.118. The van der Waals surface area contributed by atoms with Crippen molar-refractivity contribution in [3.05, 3.63) is 66.5 Å². The highest BCUT2D eigenvalue weighted by Crippen LogP contribution is 2.24. The summed E-state index contributed by atoms with van der Waals surface area (Å²) >= 11 is 1.59. The van der Waals surface area contributed by atoms with Gasteiger partial charge < -0.3 is 4.57 Å². The molecule has 20 heavy (non-hydrogen) atoms. The van der Waals surface area contributed by atoms with Crippen molar-refractivity contribution in [1.82, 2.24) is 4.57 Å². The van der Waals surface area contributed by atoms with Crippen LogP contribution < -0.4 is 0 Å². The standard InChI is InChI=1S/C17H15NOS/c1-18-10-4-7-16(18)17(19)12-20-15-9-8-13-5-2-3-6-14(13)11-15/h2-11H,12H2,1H3. The molecule has 0 saturated carbocycles. The molecule has 3 aromatic rings. The van der Waals surface area contributed by atoms with Gasteiger partial charge in [0.15, 0.2) is 5.78 Å². The van der Waals surface area contributed by atoms with E-state index in [2.05, 4.69) is 30.3 Å². The molecule has 0 amide bonds. The third kappa shape index (κ3) is 2.63. The maximum atomic E-state index is 12.1. The fourth-order valence-electron chi connectivity index (χ4n) is 2.23. The molecule has 0 fully saturated rings. The Bertz CT molecular complexity index is 760. The van der Waals surface area contributed by atoms with E-state index in [1.54, 1.807) is 11.8 Å². The highest BCUT2D eigenvalue weighted by molar-refractivity contribution is 8.00. The van der Waals surface area contributed by atoms with Crippen molar-refractivity contribution in [1.29, 1.82) is 0 Å². The highest BCUT2D eigenvalue weighted by atomic mass is 32.2. The molecule has 0 saturated heterocycles. The lowest BCUT2D eigenvalue weighted by atomic mass is 10.1. The molecule has 0 unspecified atom stereocenters. The van der Waals surface area contributed by atoms with E-state index in [4.69, 9.17) is 0 Å². The zero-order chi connectivity index (χ0) is 13.9. The van der Waals surface area contributed by atoms with Gasteiger partial charge in [-0.2, -0.15) is 0 Å². The molecule has 1 aromatic heterocycles. The first-order valence-corrected chi connectivity index (χ1v) is 7.49. The van der Waals surface area contributed by atoms with Gasteiger partial charge in [0.25, 0.3) is 0 Å². The van der Waals surface area contributed by atoms with Gasteiger partial charge in [0.1, 0.15) is 0 Å². The van der Waals surface area contributed by atoms with Crippen LogP contribution in [0, 0.1) is 0 Å². The molecule has 0 bridgehead atoms. The third-order valence-corrected chi connectivity index (χ3v) is 4.31. The van der Waals surface area contributed by atoms with Crippen molar-refractivity contribution in [3.63, 3.8) is 0 Å². The molecule has 0 aliphatic rings. The fourth-order valence-corrected chi connectivity index (χ4v) is 3.05. The minimum atomic E-state index is 0.163. The quantitative estimate of drug-likeness (QED) is 0.529. The topological polar surface area (TPSA) is 22.0 Å². The van der Waals surface area contributed by atoms with Gasteiger partial charge in [0.2, 0.25) is 0 Å². The molecular weight excluding hydrogens is 266 g/mol. The third-order valence-electron chi connectivity index (χ3n) is 3.32. The number of nitrogens with zero attached hydrogens (tertiary/aromatic N) is 1. The maximum Gasteiger partial charge on any atom is 0.189 e. The lowest BCUT2D eigenvalue weighted by Crippen LogP contribution is -2.07. The normalized spacial score (nSPS) is 10.8. The Hall–Kier alpha value is -2.00. The Morgan fingerprint density at radius 2 is 1.85 bits per heavy atom. The van der Waals surface area contributed by atoms with E-state index in [1.165, 1.54) is 10.8 Å². The van der Waals surface area contributed by atoms with Crippen LogP contribution >= 0.6 is 11.8 Å². The number of hydrogen-bond donors (Lipinski definition) is 0. The number of ketones is 1. The van der Waals surface area contributed by atoms with Gasteiger partial charge in [0.05, 0.1) is 11.4 Å². The molecule has 0 aliphatic heterocycles. The minimum Gasteiger partial charge on any atom is -0.348 e. The van der Waals surface area contributed by atoms with Crippen LogP contribution in [-0.4, -0.2) is 16.1 Å². The average molecular weight is 281 g/mol. The number of fused-ring (bicyclic) bond motifs is 1. The number of benzene rings is 2. The van der Waals surface area contributed by atoms with E-state index in [0.29, 0.717) is 5.75 Å². The van der Waals surface area contributed by atoms with E-state index in [0.717, 1.165) is 10.6 Å². The summed E-state index contributed by atoms with van der Waals surface area (Å²) in [6.07, 6.45) is 1.90. The highest BCUT2D eigenvalue weighted by Gasteiger charge is 2.09. The summed E-state index contributed by atoms with van der Waals surface area (Å²) in [4.78, 5) is 13.3. The molecular formula is C17H15NOS. The SMILES string of the molecule is Cn1cccc1C(=O)CSc1ccc2ccccc2c1. The first kappa shape index (κ1) is 13.0. The van der Waals surface area contributed by atoms with Crippen LogP contribution in [0.1, 0.15) is 10.5 Å². The maximum absolute atomic E-state index is 12.1. The van der Waals surface area contributed by atoms with E-state index >= 15 is 0 Å². The Labute approximate surface area is 122 Å². The predicted octanol–water partition coefficient (Wildman–Crippen LogP) is 4.15. The van der Waals surface area contributed by atoms with E-state index < -0.39 is 0 Å². The largest absolute Gasteiger partial charge is 0.348 e. The molecule has 3 heteroatoms. The summed E-state index contributed by atoms with van der Waals surface area (Å²) in [7, 11) is 1.90. The van der Waals surface area contributed by atoms with Crippen LogP contribution in [0.5, 0.6) is 0 Å². The number of carbonyl (C=O) groups excluding carboxylic acids is 1. The summed E-state index contributed by atoms with van der Waals surface area (Å²) < 4.78 is 1.86. The predicted molar refractivity (Wildman–Crippen MR) is 84.4 cm³/mol. The van der Waals surface area contributed by atoms with Crippen molar-refractivity contribution >= 4 is 28.3 Å². The van der Waals surface area contributed by atoms with Crippen molar-refractivity contribution in [2.24, 2.45) is 7.05 Å². The molecule has 2 aromatic carbocycles. The van der Waals surface area contributed by atoms with Crippen LogP contribution in [-0.2, 0) is 7.05 Å². The minimum absolute atomic E-state index is 0.163. The zero-order valence-corrected chi connectivity index (χ0v) is 12.1. The second kappa shape index (κ2) is 5.55. The Morgan fingerprint density at radius 1 is 1.05 bits per heavy atom. The lowest BCUT2D eigenvalue weighted by molar-refractivity contribution is 0.101. The Balaban J connectivity index is 1.74. The monoisotopic (exact) mass is 281 g/mol. The average Bonchev–Trinajstić information content (AvgIpc) is 2.91. The number of thioether (sulfide) groups is 1. The van der Waals surface area contributed by atoms with E-state index in [-0.39, 0.29) is 5.78 Å². The van der Waals surface area contributed by atoms with Gasteiger partial charge in [-0.15, -0.1) is 11.8 Å². The number of aryl methyl sites for hydroxylation is 1. The number of hydrogen-bond acceptors (Lipinski definition) is 2. The molecule has 3 rings (SSSR count). The van der Waals surface area contributed by atoms with Gasteiger partial charge in [0, 0.05) is 18.1 Å². The molecule has 0 aliphatic carbocycles. The summed E-state index contributed by atoms with van der Waals surface area (Å²) in [5, 5.41) is 2.44. The van der Waals surface area contributed by atoms with Crippen molar-refractivity contribution in [2.45, 2.75) is 4.90 Å². The van der Waals surface area contributed by atoms with Crippen molar-refractivity contribution in [2.75, 3.05) is 5.75 Å². The number of Topliss-reactive ketones (excluding diaryl/α,β-unsaturated/α-hetero) is 1. The summed E-state index contributed by atoms with van der Waals surface area (Å²) in [6.45, 7) is 0. The molecule has 0 N–H and O–H groups in total. The van der Waals surface area contributed by atoms with Crippen LogP contribution in [0.4, 0.5) is 0 Å². The first-order chi connectivity index (χ1) is 9.74. The van der Waals surface area contributed by atoms with Gasteiger partial charge in [-0.1, -0.05) is 30.3 Å². The number of carbonyl (C=O) groups is 1. The van der Waals surface area contributed by atoms with Gasteiger partial charge >= 0.3 is 0 Å². The number of rotatable bonds is 4. The van der Waals surface area contributed by atoms with Crippen LogP contribution in [0.2, 0.25) is 0 Å². The van der Waals surface area contributed by atoms with Gasteiger partial charge in [-0.05, 0) is 35.0 Å². The molecule has 0 spiro atoms. The van der Waals surface area contributed by atoms with Crippen LogP contribution in [0.25, 0.3) is 10.8 Å². The van der Waals surface area contributed by atoms with Crippen molar-refractivity contribution < 1.29 is 4.79 Å². The van der Waals surface area contributed by atoms with Crippen LogP contribution in [0.3, 0.4) is 0 Å². The summed E-state index contributed by atoms with van der Waals surface area (Å²) in [6, 6.07) is 18.3. The second-order valence-corrected chi connectivity index (χ2v) is 5.77. The summed E-state index contributed by atoms with van der Waals surface area (Å²) in [5.74, 6) is 0.631. The first-order valence-electron chi connectivity index (χ1n) is 6.50. The second-order valence-electron chi connectivity index (χ2n) is 4.73. The van der Waals surface area contributed by atoms with Crippen LogP contribution in [0.15, 0.2) is 65.7 Å². The van der Waals surface area contributed by atoms with Gasteiger partial charge in [-0.25, -0.2) is 0 Å². The Morgan fingerprint density at radius 3 is 2.60 bits per heavy atom. The van der Waals surface area contributed by atoms with Gasteiger partial charge in [-0.3, -0.25) is 4.79 Å². The molecule has 2 nitrogen and oxygen atoms in total. The molecule has 0 atom stereocenters. The molecule has 0 radical (unpaired) electrons. The number of aromatic nitrogens is 1. The zero-order valence-electron chi connectivity index (χ0n) is 11.2. The van der Waals surface area contributed by atoms with Crippen molar-refractivity contribution in [3.8, 4) is 0 Å². The summed E-state index contributed by atoms with van der Waals surface area (Å²) in [5.41, 5.74) is 0.762. The van der Waals surface area contributed by atoms with E-state index in [1.807, 2.05) is 42.1 Å².